The average Bonchev–Trinajstić information content (AvgIpc) is 3.23. The van der Waals surface area contributed by atoms with Crippen LogP contribution in [0.5, 0.6) is 11.8 Å². The fourth-order valence-electron chi connectivity index (χ4n) is 3.68. The number of rotatable bonds is 4. The Morgan fingerprint density at radius 1 is 1.29 bits per heavy atom. The van der Waals surface area contributed by atoms with E-state index in [-0.39, 0.29) is 30.2 Å². The standard InChI is InChI=1S/C18H18F3N5O5/c19-18(20,21)30-13-3-1-12(2-4-13)9-22-15(27)24-7-5-17(6-8-24)11-25-10-14(26(28)29)23-16(25)31-17/h1-4,10H,5-9,11H2,(H,22,27). The van der Waals surface area contributed by atoms with Gasteiger partial charge in [-0.3, -0.25) is 4.57 Å². The van der Waals surface area contributed by atoms with Crippen LogP contribution in [-0.4, -0.2) is 50.5 Å². The van der Waals surface area contributed by atoms with Crippen LogP contribution in [0.15, 0.2) is 30.5 Å². The minimum Gasteiger partial charge on any atom is -0.437 e. The maximum Gasteiger partial charge on any atom is 0.573 e. The molecule has 0 saturated carbocycles. The summed E-state index contributed by atoms with van der Waals surface area (Å²) in [6, 6.07) is 5.17. The number of carbonyl (C=O) groups is 1. The summed E-state index contributed by atoms with van der Waals surface area (Å²) in [7, 11) is 0. The SMILES string of the molecule is O=C(NCc1ccc(OC(F)(F)F)cc1)N1CCC2(CC1)Cn1cc([N+](=O)[O-])nc1O2. The maximum absolute atomic E-state index is 12.4. The van der Waals surface area contributed by atoms with Crippen molar-refractivity contribution in [3.63, 3.8) is 0 Å². The molecule has 1 aromatic carbocycles. The van der Waals surface area contributed by atoms with E-state index < -0.39 is 16.9 Å². The molecule has 0 atom stereocenters. The zero-order chi connectivity index (χ0) is 22.2. The number of likely N-dealkylation sites (tertiary alicyclic amines) is 1. The molecule has 166 valence electrons. The van der Waals surface area contributed by atoms with Crippen LogP contribution >= 0.6 is 0 Å². The lowest BCUT2D eigenvalue weighted by Gasteiger charge is -2.37. The molecule has 13 heteroatoms. The van der Waals surface area contributed by atoms with Gasteiger partial charge in [-0.2, -0.15) is 0 Å². The van der Waals surface area contributed by atoms with Crippen LogP contribution in [0, 0.1) is 10.1 Å². The van der Waals surface area contributed by atoms with Crippen LogP contribution in [0.25, 0.3) is 0 Å². The Morgan fingerprint density at radius 3 is 2.55 bits per heavy atom. The van der Waals surface area contributed by atoms with E-state index in [9.17, 15) is 28.1 Å². The molecule has 0 unspecified atom stereocenters. The highest BCUT2D eigenvalue weighted by Crippen LogP contribution is 2.37. The molecular formula is C18H18F3N5O5. The number of nitro groups is 1. The highest BCUT2D eigenvalue weighted by molar-refractivity contribution is 5.74. The number of hydrogen-bond donors (Lipinski definition) is 1. The second kappa shape index (κ2) is 7.63. The molecule has 2 aliphatic rings. The summed E-state index contributed by atoms with van der Waals surface area (Å²) in [5.41, 5.74) is 0.0882. The molecule has 4 rings (SSSR count). The first-order valence-corrected chi connectivity index (χ1v) is 9.41. The van der Waals surface area contributed by atoms with Crippen molar-refractivity contribution in [2.24, 2.45) is 0 Å². The third-order valence-electron chi connectivity index (χ3n) is 5.24. The number of nitrogens with one attached hydrogen (secondary N) is 1. The quantitative estimate of drug-likeness (QED) is 0.577. The van der Waals surface area contributed by atoms with E-state index >= 15 is 0 Å². The van der Waals surface area contributed by atoms with Crippen molar-refractivity contribution >= 4 is 11.8 Å². The Morgan fingerprint density at radius 2 is 1.97 bits per heavy atom. The predicted molar refractivity (Wildman–Crippen MR) is 98.4 cm³/mol. The van der Waals surface area contributed by atoms with Gasteiger partial charge in [-0.05, 0) is 22.6 Å². The molecule has 1 N–H and O–H groups in total. The van der Waals surface area contributed by atoms with Crippen molar-refractivity contribution in [3.8, 4) is 11.8 Å². The largest absolute Gasteiger partial charge is 0.573 e. The summed E-state index contributed by atoms with van der Waals surface area (Å²) in [5.74, 6) is -0.592. The summed E-state index contributed by atoms with van der Waals surface area (Å²) in [5, 5.41) is 13.5. The third kappa shape index (κ3) is 4.64. The Bertz CT molecular complexity index is 958. The summed E-state index contributed by atoms with van der Waals surface area (Å²) in [6.07, 6.45) is -2.33. The first kappa shape index (κ1) is 20.8. The molecule has 1 spiro atoms. The molecular weight excluding hydrogens is 423 g/mol. The first-order valence-electron chi connectivity index (χ1n) is 9.41. The lowest BCUT2D eigenvalue weighted by Crippen LogP contribution is -2.51. The number of amides is 2. The summed E-state index contributed by atoms with van der Waals surface area (Å²) in [4.78, 5) is 28.1. The normalized spacial score (nSPS) is 17.2. The maximum atomic E-state index is 12.4. The van der Waals surface area contributed by atoms with Crippen molar-refractivity contribution in [1.82, 2.24) is 19.8 Å². The van der Waals surface area contributed by atoms with Crippen molar-refractivity contribution in [2.75, 3.05) is 13.1 Å². The van der Waals surface area contributed by atoms with E-state index in [2.05, 4.69) is 15.0 Å². The van der Waals surface area contributed by atoms with Gasteiger partial charge in [-0.15, -0.1) is 13.2 Å². The van der Waals surface area contributed by atoms with Crippen molar-refractivity contribution < 1.29 is 32.4 Å². The van der Waals surface area contributed by atoms with E-state index in [1.54, 1.807) is 9.47 Å². The third-order valence-corrected chi connectivity index (χ3v) is 5.24. The van der Waals surface area contributed by atoms with Crippen LogP contribution in [0.1, 0.15) is 18.4 Å². The number of urea groups is 1. The highest BCUT2D eigenvalue weighted by atomic mass is 19.4. The molecule has 0 radical (unpaired) electrons. The summed E-state index contributed by atoms with van der Waals surface area (Å²) in [6.45, 7) is 1.45. The number of fused-ring (bicyclic) bond motifs is 1. The van der Waals surface area contributed by atoms with Gasteiger partial charge in [0, 0.05) is 37.5 Å². The van der Waals surface area contributed by atoms with Crippen molar-refractivity contribution in [1.29, 1.82) is 0 Å². The number of halogens is 3. The van der Waals surface area contributed by atoms with E-state index in [1.165, 1.54) is 30.5 Å². The van der Waals surface area contributed by atoms with Gasteiger partial charge < -0.3 is 29.8 Å². The number of nitrogens with zero attached hydrogens (tertiary/aromatic N) is 4. The zero-order valence-electron chi connectivity index (χ0n) is 16.1. The molecule has 2 amide bonds. The Hall–Kier alpha value is -3.51. The summed E-state index contributed by atoms with van der Waals surface area (Å²) < 4.78 is 47.9. The molecule has 3 heterocycles. The fourth-order valence-corrected chi connectivity index (χ4v) is 3.68. The lowest BCUT2D eigenvalue weighted by molar-refractivity contribution is -0.389. The molecule has 1 fully saturated rings. The van der Waals surface area contributed by atoms with Gasteiger partial charge in [0.25, 0.3) is 0 Å². The predicted octanol–water partition coefficient (Wildman–Crippen LogP) is 2.83. The number of carbonyl (C=O) groups excluding carboxylic acids is 1. The molecule has 1 aromatic heterocycles. The first-order chi connectivity index (χ1) is 14.6. The van der Waals surface area contributed by atoms with E-state index in [0.29, 0.717) is 38.0 Å². The molecule has 0 bridgehead atoms. The Balaban J connectivity index is 1.25. The number of piperidine rings is 1. The number of aromatic nitrogens is 2. The smallest absolute Gasteiger partial charge is 0.437 e. The van der Waals surface area contributed by atoms with E-state index in [0.717, 1.165) is 0 Å². The van der Waals surface area contributed by atoms with Gasteiger partial charge in [0.1, 0.15) is 17.5 Å². The van der Waals surface area contributed by atoms with Gasteiger partial charge in [-0.1, -0.05) is 12.1 Å². The zero-order valence-corrected chi connectivity index (χ0v) is 16.1. The molecule has 1 saturated heterocycles. The molecule has 0 aliphatic carbocycles. The van der Waals surface area contributed by atoms with Gasteiger partial charge in [0.15, 0.2) is 0 Å². The highest BCUT2D eigenvalue weighted by Gasteiger charge is 2.46. The van der Waals surface area contributed by atoms with E-state index in [1.807, 2.05) is 0 Å². The number of benzene rings is 1. The van der Waals surface area contributed by atoms with Crippen LogP contribution in [-0.2, 0) is 13.1 Å². The van der Waals surface area contributed by atoms with Gasteiger partial charge >= 0.3 is 24.2 Å². The molecule has 2 aliphatic heterocycles. The minimum atomic E-state index is -4.75. The lowest BCUT2D eigenvalue weighted by atomic mass is 9.91. The average molecular weight is 441 g/mol. The molecule has 10 nitrogen and oxygen atoms in total. The number of imidazole rings is 1. The van der Waals surface area contributed by atoms with Crippen LogP contribution in [0.4, 0.5) is 23.8 Å². The summed E-state index contributed by atoms with van der Waals surface area (Å²) >= 11 is 0. The number of hydrogen-bond acceptors (Lipinski definition) is 6. The Labute approximate surface area is 173 Å². The van der Waals surface area contributed by atoms with Crippen LogP contribution in [0.3, 0.4) is 0 Å². The second-order valence-electron chi connectivity index (χ2n) is 7.39. The van der Waals surface area contributed by atoms with Crippen LogP contribution < -0.4 is 14.8 Å². The van der Waals surface area contributed by atoms with Gasteiger partial charge in [-0.25, -0.2) is 4.79 Å². The number of ether oxygens (including phenoxy) is 2. The van der Waals surface area contributed by atoms with Gasteiger partial charge in [0.2, 0.25) is 0 Å². The van der Waals surface area contributed by atoms with Crippen molar-refractivity contribution in [2.45, 2.75) is 37.9 Å². The molecule has 2 aromatic rings. The number of alkyl halides is 3. The van der Waals surface area contributed by atoms with Crippen molar-refractivity contribution in [3.05, 3.63) is 46.1 Å². The minimum absolute atomic E-state index is 0.155. The molecule has 31 heavy (non-hydrogen) atoms. The second-order valence-corrected chi connectivity index (χ2v) is 7.39. The van der Waals surface area contributed by atoms with Gasteiger partial charge in [0.05, 0.1) is 6.54 Å². The fraction of sp³-hybridized carbons (Fsp3) is 0.444. The van der Waals surface area contributed by atoms with Crippen LogP contribution in [0.2, 0.25) is 0 Å². The topological polar surface area (TPSA) is 112 Å². The van der Waals surface area contributed by atoms with E-state index in [4.69, 9.17) is 4.74 Å². The monoisotopic (exact) mass is 441 g/mol. The Kier molecular flexibility index (Phi) is 5.11.